The van der Waals surface area contributed by atoms with Crippen LogP contribution in [0.5, 0.6) is 5.75 Å². The van der Waals surface area contributed by atoms with Crippen LogP contribution in [0.4, 0.5) is 0 Å². The number of fused-ring (bicyclic) bond motifs is 1. The van der Waals surface area contributed by atoms with Gasteiger partial charge in [0.1, 0.15) is 11.3 Å². The molecule has 0 amide bonds. The first-order chi connectivity index (χ1) is 8.54. The molecule has 0 aliphatic heterocycles. The number of hydrogen-bond acceptors (Lipinski definition) is 3. The molecule has 0 unspecified atom stereocenters. The van der Waals surface area contributed by atoms with Gasteiger partial charge in [-0.25, -0.2) is 4.79 Å². The highest BCUT2D eigenvalue weighted by Crippen LogP contribution is 2.30. The Morgan fingerprint density at radius 1 is 1.28 bits per heavy atom. The van der Waals surface area contributed by atoms with Crippen molar-refractivity contribution in [1.82, 2.24) is 0 Å². The maximum atomic E-state index is 11.9. The Morgan fingerprint density at radius 2 is 2.00 bits per heavy atom. The van der Waals surface area contributed by atoms with Crippen LogP contribution in [0.15, 0.2) is 21.3 Å². The van der Waals surface area contributed by atoms with Gasteiger partial charge in [0.05, 0.1) is 5.39 Å². The van der Waals surface area contributed by atoms with Gasteiger partial charge in [0.2, 0.25) is 0 Å². The number of rotatable bonds is 3. The summed E-state index contributed by atoms with van der Waals surface area (Å²) < 4.78 is 5.32. The molecule has 0 atom stereocenters. The van der Waals surface area contributed by atoms with Crippen molar-refractivity contribution in [2.45, 2.75) is 40.0 Å². The lowest BCUT2D eigenvalue weighted by Crippen LogP contribution is -2.10. The molecule has 1 aromatic carbocycles. The predicted octanol–water partition coefficient (Wildman–Crippen LogP) is 3.46. The van der Waals surface area contributed by atoms with Crippen LogP contribution in [0, 0.1) is 13.8 Å². The van der Waals surface area contributed by atoms with E-state index in [1.165, 1.54) is 0 Å². The van der Waals surface area contributed by atoms with Crippen LogP contribution in [-0.4, -0.2) is 5.11 Å². The monoisotopic (exact) mass is 246 g/mol. The Hall–Kier alpha value is -1.77. The zero-order valence-corrected chi connectivity index (χ0v) is 11.0. The van der Waals surface area contributed by atoms with Crippen molar-refractivity contribution in [2.24, 2.45) is 0 Å². The van der Waals surface area contributed by atoms with Crippen molar-refractivity contribution in [3.05, 3.63) is 39.2 Å². The Morgan fingerprint density at radius 3 is 2.67 bits per heavy atom. The summed E-state index contributed by atoms with van der Waals surface area (Å²) in [5, 5.41) is 10.7. The Labute approximate surface area is 106 Å². The second-order valence-electron chi connectivity index (χ2n) is 4.75. The average Bonchev–Trinajstić information content (AvgIpc) is 2.27. The van der Waals surface area contributed by atoms with Crippen LogP contribution in [0.25, 0.3) is 11.0 Å². The number of benzene rings is 1. The molecule has 3 nitrogen and oxygen atoms in total. The van der Waals surface area contributed by atoms with Gasteiger partial charge in [-0.1, -0.05) is 13.3 Å². The summed E-state index contributed by atoms with van der Waals surface area (Å²) in [4.78, 5) is 11.9. The van der Waals surface area contributed by atoms with Crippen molar-refractivity contribution < 1.29 is 9.52 Å². The minimum Gasteiger partial charge on any atom is -0.507 e. The topological polar surface area (TPSA) is 50.4 Å². The third kappa shape index (κ3) is 2.13. The molecule has 2 rings (SSSR count). The smallest absolute Gasteiger partial charge is 0.339 e. The molecule has 18 heavy (non-hydrogen) atoms. The molecule has 0 spiro atoms. The van der Waals surface area contributed by atoms with Gasteiger partial charge < -0.3 is 9.52 Å². The standard InChI is InChI=1S/C15H18O3/c1-4-5-6-11-10(3)14-12(16)7-9(2)8-13(14)18-15(11)17/h7-8,16H,4-6H2,1-3H3. The zero-order chi connectivity index (χ0) is 13.3. The predicted molar refractivity (Wildman–Crippen MR) is 72.2 cm³/mol. The van der Waals surface area contributed by atoms with Crippen LogP contribution >= 0.6 is 0 Å². The van der Waals surface area contributed by atoms with Crippen molar-refractivity contribution in [3.8, 4) is 5.75 Å². The molecule has 1 heterocycles. The van der Waals surface area contributed by atoms with E-state index in [2.05, 4.69) is 6.92 Å². The molecule has 2 aromatic rings. The molecule has 1 aromatic heterocycles. The first-order valence-electron chi connectivity index (χ1n) is 6.30. The molecular formula is C15H18O3. The Bertz CT molecular complexity index is 638. The third-order valence-electron chi connectivity index (χ3n) is 3.28. The highest BCUT2D eigenvalue weighted by Gasteiger charge is 2.14. The first-order valence-corrected chi connectivity index (χ1v) is 6.30. The Kier molecular flexibility index (Phi) is 3.41. The highest BCUT2D eigenvalue weighted by molar-refractivity contribution is 5.87. The maximum absolute atomic E-state index is 11.9. The molecule has 96 valence electrons. The number of phenols is 1. The minimum absolute atomic E-state index is 0.184. The number of hydrogen-bond donors (Lipinski definition) is 1. The van der Waals surface area contributed by atoms with E-state index < -0.39 is 0 Å². The van der Waals surface area contributed by atoms with Gasteiger partial charge in [-0.05, 0) is 49.9 Å². The summed E-state index contributed by atoms with van der Waals surface area (Å²) in [5.74, 6) is 0.184. The summed E-state index contributed by atoms with van der Waals surface area (Å²) >= 11 is 0. The summed E-state index contributed by atoms with van der Waals surface area (Å²) in [6.07, 6.45) is 2.68. The molecule has 0 saturated carbocycles. The number of aromatic hydroxyl groups is 1. The van der Waals surface area contributed by atoms with Gasteiger partial charge in [0.15, 0.2) is 0 Å². The van der Waals surface area contributed by atoms with Crippen LogP contribution in [0.3, 0.4) is 0 Å². The molecule has 0 aliphatic rings. The average molecular weight is 246 g/mol. The van der Waals surface area contributed by atoms with Gasteiger partial charge in [-0.2, -0.15) is 0 Å². The van der Waals surface area contributed by atoms with E-state index in [1.807, 2.05) is 13.8 Å². The lowest BCUT2D eigenvalue weighted by Gasteiger charge is -2.09. The summed E-state index contributed by atoms with van der Waals surface area (Å²) in [6, 6.07) is 3.48. The fourth-order valence-electron chi connectivity index (χ4n) is 2.30. The van der Waals surface area contributed by atoms with Crippen LogP contribution < -0.4 is 5.63 Å². The molecule has 0 aliphatic carbocycles. The second kappa shape index (κ2) is 4.84. The van der Waals surface area contributed by atoms with E-state index in [1.54, 1.807) is 12.1 Å². The molecule has 0 radical (unpaired) electrons. The fraction of sp³-hybridized carbons (Fsp3) is 0.400. The lowest BCUT2D eigenvalue weighted by atomic mass is 10.0. The zero-order valence-electron chi connectivity index (χ0n) is 11.0. The summed E-state index contributed by atoms with van der Waals surface area (Å²) in [7, 11) is 0. The van der Waals surface area contributed by atoms with E-state index in [0.717, 1.165) is 24.0 Å². The molecule has 1 N–H and O–H groups in total. The van der Waals surface area contributed by atoms with Crippen molar-refractivity contribution >= 4 is 11.0 Å². The highest BCUT2D eigenvalue weighted by atomic mass is 16.4. The van der Waals surface area contributed by atoms with E-state index in [0.29, 0.717) is 23.0 Å². The van der Waals surface area contributed by atoms with Gasteiger partial charge in [-0.3, -0.25) is 0 Å². The van der Waals surface area contributed by atoms with Crippen LogP contribution in [0.1, 0.15) is 36.5 Å². The number of phenolic OH excluding ortho intramolecular Hbond substituents is 1. The number of unbranched alkanes of at least 4 members (excludes halogenated alkanes) is 1. The van der Waals surface area contributed by atoms with Gasteiger partial charge in [-0.15, -0.1) is 0 Å². The van der Waals surface area contributed by atoms with E-state index in [4.69, 9.17) is 4.42 Å². The fourth-order valence-corrected chi connectivity index (χ4v) is 2.30. The largest absolute Gasteiger partial charge is 0.507 e. The molecular weight excluding hydrogens is 228 g/mol. The maximum Gasteiger partial charge on any atom is 0.339 e. The third-order valence-corrected chi connectivity index (χ3v) is 3.28. The van der Waals surface area contributed by atoms with E-state index >= 15 is 0 Å². The molecule has 0 saturated heterocycles. The quantitative estimate of drug-likeness (QED) is 0.844. The number of aryl methyl sites for hydroxylation is 2. The second-order valence-corrected chi connectivity index (χ2v) is 4.75. The van der Waals surface area contributed by atoms with Crippen LogP contribution in [0.2, 0.25) is 0 Å². The van der Waals surface area contributed by atoms with Crippen LogP contribution in [-0.2, 0) is 6.42 Å². The van der Waals surface area contributed by atoms with E-state index in [-0.39, 0.29) is 11.4 Å². The summed E-state index contributed by atoms with van der Waals surface area (Å²) in [6.45, 7) is 5.82. The SMILES string of the molecule is CCCCc1c(C)c2c(O)cc(C)cc2oc1=O. The van der Waals surface area contributed by atoms with E-state index in [9.17, 15) is 9.90 Å². The van der Waals surface area contributed by atoms with Gasteiger partial charge in [0, 0.05) is 5.56 Å². The van der Waals surface area contributed by atoms with Crippen molar-refractivity contribution in [3.63, 3.8) is 0 Å². The summed E-state index contributed by atoms with van der Waals surface area (Å²) in [5.41, 5.74) is 2.59. The molecule has 0 fully saturated rings. The first kappa shape index (κ1) is 12.7. The lowest BCUT2D eigenvalue weighted by molar-refractivity contribution is 0.477. The van der Waals surface area contributed by atoms with Crippen molar-refractivity contribution in [2.75, 3.05) is 0 Å². The van der Waals surface area contributed by atoms with Gasteiger partial charge in [0.25, 0.3) is 0 Å². The van der Waals surface area contributed by atoms with Crippen molar-refractivity contribution in [1.29, 1.82) is 0 Å². The minimum atomic E-state index is -0.279. The molecule has 3 heteroatoms. The molecule has 0 bridgehead atoms. The van der Waals surface area contributed by atoms with Gasteiger partial charge >= 0.3 is 5.63 Å². The Balaban J connectivity index is 2.73. The normalized spacial score (nSPS) is 11.1.